The highest BCUT2D eigenvalue weighted by Crippen LogP contribution is 2.34. The molecule has 0 radical (unpaired) electrons. The molecule has 0 amide bonds. The highest BCUT2D eigenvalue weighted by atomic mass is 32.2. The lowest BCUT2D eigenvalue weighted by molar-refractivity contribution is 0.234. The predicted octanol–water partition coefficient (Wildman–Crippen LogP) is 2.05. The molecule has 15 heavy (non-hydrogen) atoms. The van der Waals surface area contributed by atoms with E-state index in [2.05, 4.69) is 17.0 Å². The zero-order valence-electron chi connectivity index (χ0n) is 8.30. The third-order valence-electron chi connectivity index (χ3n) is 2.50. The van der Waals surface area contributed by atoms with Crippen molar-refractivity contribution in [1.29, 1.82) is 0 Å². The minimum atomic E-state index is 0.157. The third kappa shape index (κ3) is 2.33. The number of thiocarbonyl (C=S) groups is 1. The Hall–Kier alpha value is -0.580. The van der Waals surface area contributed by atoms with E-state index in [1.54, 1.807) is 11.8 Å². The molecule has 4 heteroatoms. The summed E-state index contributed by atoms with van der Waals surface area (Å²) in [7, 11) is 0. The summed E-state index contributed by atoms with van der Waals surface area (Å²) in [5.41, 5.74) is 1.28. The van der Waals surface area contributed by atoms with Crippen molar-refractivity contribution in [2.75, 3.05) is 18.9 Å². The van der Waals surface area contributed by atoms with Crippen molar-refractivity contribution < 1.29 is 5.11 Å². The summed E-state index contributed by atoms with van der Waals surface area (Å²) in [5.74, 6) is 0.989. The normalized spacial score (nSPS) is 21.0. The number of benzene rings is 1. The molecule has 0 aromatic heterocycles. The van der Waals surface area contributed by atoms with Crippen LogP contribution in [0.1, 0.15) is 11.6 Å². The average molecular weight is 239 g/mol. The van der Waals surface area contributed by atoms with Crippen LogP contribution in [0.5, 0.6) is 0 Å². The van der Waals surface area contributed by atoms with Gasteiger partial charge in [0.15, 0.2) is 0 Å². The fourth-order valence-corrected chi connectivity index (χ4v) is 3.24. The molecule has 1 aliphatic rings. The number of nitrogens with zero attached hydrogens (tertiary/aromatic N) is 1. The summed E-state index contributed by atoms with van der Waals surface area (Å²) in [4.78, 5) is 2.11. The van der Waals surface area contributed by atoms with Crippen LogP contribution in [0.15, 0.2) is 30.3 Å². The number of hydrogen-bond acceptors (Lipinski definition) is 3. The maximum absolute atomic E-state index is 9.00. The fourth-order valence-electron chi connectivity index (χ4n) is 1.76. The number of aliphatic hydroxyl groups is 1. The van der Waals surface area contributed by atoms with Crippen LogP contribution in [-0.2, 0) is 0 Å². The van der Waals surface area contributed by atoms with E-state index in [4.69, 9.17) is 17.3 Å². The van der Waals surface area contributed by atoms with Gasteiger partial charge in [-0.3, -0.25) is 0 Å². The number of thioether (sulfide) groups is 1. The second kappa shape index (κ2) is 4.96. The Balaban J connectivity index is 2.18. The molecule has 0 spiro atoms. The molecule has 1 aromatic carbocycles. The summed E-state index contributed by atoms with van der Waals surface area (Å²) in [6, 6.07) is 10.7. The molecule has 0 bridgehead atoms. The van der Waals surface area contributed by atoms with Crippen LogP contribution >= 0.6 is 24.0 Å². The van der Waals surface area contributed by atoms with Gasteiger partial charge in [0, 0.05) is 12.3 Å². The van der Waals surface area contributed by atoms with Crippen LogP contribution in [0.4, 0.5) is 0 Å². The lowest BCUT2D eigenvalue weighted by atomic mass is 10.1. The monoisotopic (exact) mass is 239 g/mol. The van der Waals surface area contributed by atoms with Gasteiger partial charge in [0.25, 0.3) is 0 Å². The zero-order valence-corrected chi connectivity index (χ0v) is 9.93. The third-order valence-corrected chi connectivity index (χ3v) is 4.05. The smallest absolute Gasteiger partial charge is 0.137 e. The highest BCUT2D eigenvalue weighted by Gasteiger charge is 2.29. The molecule has 1 aliphatic heterocycles. The molecule has 0 saturated carbocycles. The Kier molecular flexibility index (Phi) is 3.61. The molecular weight excluding hydrogens is 226 g/mol. The number of aliphatic hydroxyl groups excluding tert-OH is 1. The van der Waals surface area contributed by atoms with Crippen LogP contribution in [0, 0.1) is 0 Å². The van der Waals surface area contributed by atoms with Crippen molar-refractivity contribution in [2.45, 2.75) is 6.04 Å². The lowest BCUT2D eigenvalue weighted by Gasteiger charge is -2.24. The van der Waals surface area contributed by atoms with Gasteiger partial charge < -0.3 is 10.0 Å². The summed E-state index contributed by atoms with van der Waals surface area (Å²) < 4.78 is 0.901. The van der Waals surface area contributed by atoms with E-state index in [0.29, 0.717) is 12.6 Å². The molecule has 80 valence electrons. The largest absolute Gasteiger partial charge is 0.395 e. The molecule has 0 aliphatic carbocycles. The summed E-state index contributed by atoms with van der Waals surface area (Å²) in [5, 5.41) is 9.00. The van der Waals surface area contributed by atoms with E-state index < -0.39 is 0 Å². The molecule has 1 atom stereocenters. The van der Waals surface area contributed by atoms with Crippen LogP contribution in [0.25, 0.3) is 0 Å². The zero-order chi connectivity index (χ0) is 10.7. The minimum Gasteiger partial charge on any atom is -0.395 e. The predicted molar refractivity (Wildman–Crippen MR) is 68.0 cm³/mol. The molecule has 0 unspecified atom stereocenters. The van der Waals surface area contributed by atoms with Gasteiger partial charge >= 0.3 is 0 Å². The van der Waals surface area contributed by atoms with Crippen molar-refractivity contribution in [3.05, 3.63) is 35.9 Å². The number of rotatable bonds is 3. The second-order valence-corrected chi connectivity index (χ2v) is 5.07. The van der Waals surface area contributed by atoms with E-state index in [-0.39, 0.29) is 6.61 Å². The van der Waals surface area contributed by atoms with Gasteiger partial charge in [-0.15, -0.1) is 0 Å². The summed E-state index contributed by atoms with van der Waals surface area (Å²) in [6.45, 7) is 0.787. The van der Waals surface area contributed by atoms with Gasteiger partial charge in [-0.1, -0.05) is 54.3 Å². The van der Waals surface area contributed by atoms with Crippen LogP contribution in [0.2, 0.25) is 0 Å². The molecular formula is C11H13NOS2. The molecule has 1 aromatic rings. The van der Waals surface area contributed by atoms with Gasteiger partial charge in [0.1, 0.15) is 4.32 Å². The maximum atomic E-state index is 9.00. The Bertz CT molecular complexity index is 342. The number of β-amino-alcohol motifs (C(OH)–C–C–N with tert-alkyl or cyclic N) is 1. The Morgan fingerprint density at radius 1 is 1.40 bits per heavy atom. The van der Waals surface area contributed by atoms with Crippen molar-refractivity contribution >= 4 is 28.3 Å². The van der Waals surface area contributed by atoms with Crippen molar-refractivity contribution in [2.24, 2.45) is 0 Å². The average Bonchev–Trinajstić information content (AvgIpc) is 2.63. The van der Waals surface area contributed by atoms with Crippen molar-refractivity contribution in [3.63, 3.8) is 0 Å². The SMILES string of the molecule is OCCN1C(=S)SC[C@@H]1c1ccccc1. The topological polar surface area (TPSA) is 23.5 Å². The van der Waals surface area contributed by atoms with Gasteiger partial charge in [-0.25, -0.2) is 0 Å². The minimum absolute atomic E-state index is 0.157. The van der Waals surface area contributed by atoms with Crippen LogP contribution in [0.3, 0.4) is 0 Å². The first-order valence-electron chi connectivity index (χ1n) is 4.92. The number of hydrogen-bond donors (Lipinski definition) is 1. The Labute approximate surface area is 99.3 Å². The van der Waals surface area contributed by atoms with Crippen LogP contribution < -0.4 is 0 Å². The van der Waals surface area contributed by atoms with Crippen LogP contribution in [-0.4, -0.2) is 33.2 Å². The first-order chi connectivity index (χ1) is 7.33. The van der Waals surface area contributed by atoms with Gasteiger partial charge in [0.2, 0.25) is 0 Å². The molecule has 2 nitrogen and oxygen atoms in total. The molecule has 2 rings (SSSR count). The molecule has 1 saturated heterocycles. The molecule has 1 fully saturated rings. The molecule has 1 heterocycles. The van der Waals surface area contributed by atoms with Gasteiger partial charge in [-0.05, 0) is 5.56 Å². The lowest BCUT2D eigenvalue weighted by Crippen LogP contribution is -2.29. The van der Waals surface area contributed by atoms with E-state index in [1.807, 2.05) is 18.2 Å². The van der Waals surface area contributed by atoms with Crippen molar-refractivity contribution in [3.8, 4) is 0 Å². The second-order valence-electron chi connectivity index (χ2n) is 3.42. The van der Waals surface area contributed by atoms with E-state index in [9.17, 15) is 0 Å². The van der Waals surface area contributed by atoms with Crippen molar-refractivity contribution in [1.82, 2.24) is 4.90 Å². The van der Waals surface area contributed by atoms with E-state index >= 15 is 0 Å². The van der Waals surface area contributed by atoms with Gasteiger partial charge in [0.05, 0.1) is 12.6 Å². The first kappa shape index (κ1) is 10.9. The van der Waals surface area contributed by atoms with Gasteiger partial charge in [-0.2, -0.15) is 0 Å². The van der Waals surface area contributed by atoms with E-state index in [1.165, 1.54) is 5.56 Å². The Morgan fingerprint density at radius 2 is 2.13 bits per heavy atom. The van der Waals surface area contributed by atoms with E-state index in [0.717, 1.165) is 10.1 Å². The highest BCUT2D eigenvalue weighted by molar-refractivity contribution is 8.23. The Morgan fingerprint density at radius 3 is 2.80 bits per heavy atom. The maximum Gasteiger partial charge on any atom is 0.137 e. The summed E-state index contributed by atoms with van der Waals surface area (Å²) >= 11 is 6.96. The molecule has 1 N–H and O–H groups in total. The quantitative estimate of drug-likeness (QED) is 0.816. The first-order valence-corrected chi connectivity index (χ1v) is 6.31. The standard InChI is InChI=1S/C11H13NOS2/c13-7-6-12-10(8-15-11(12)14)9-4-2-1-3-5-9/h1-5,10,13H,6-8H2/t10-/m1/s1. The summed E-state index contributed by atoms with van der Waals surface area (Å²) in [6.07, 6.45) is 0. The fraction of sp³-hybridized carbons (Fsp3) is 0.364.